The zero-order chi connectivity index (χ0) is 20.4. The van der Waals surface area contributed by atoms with E-state index in [1.807, 2.05) is 49.4 Å². The zero-order valence-electron chi connectivity index (χ0n) is 16.1. The van der Waals surface area contributed by atoms with E-state index in [1.54, 1.807) is 22.2 Å². The van der Waals surface area contributed by atoms with Crippen molar-refractivity contribution < 1.29 is 14.4 Å². The highest BCUT2D eigenvalue weighted by molar-refractivity contribution is 8.00. The van der Waals surface area contributed by atoms with Crippen molar-refractivity contribution in [2.45, 2.75) is 23.9 Å². The van der Waals surface area contributed by atoms with Crippen molar-refractivity contribution in [3.63, 3.8) is 0 Å². The van der Waals surface area contributed by atoms with Crippen LogP contribution in [0.4, 0.5) is 4.79 Å². The van der Waals surface area contributed by atoms with Crippen LogP contribution < -0.4 is 0 Å². The van der Waals surface area contributed by atoms with E-state index in [0.717, 1.165) is 10.5 Å². The van der Waals surface area contributed by atoms with Crippen molar-refractivity contribution in [2.75, 3.05) is 25.4 Å². The highest BCUT2D eigenvalue weighted by Crippen LogP contribution is 2.30. The quantitative estimate of drug-likeness (QED) is 0.559. The zero-order valence-corrected chi connectivity index (χ0v) is 16.9. The van der Waals surface area contributed by atoms with Gasteiger partial charge in [0.15, 0.2) is 0 Å². The molecule has 0 radical (unpaired) electrons. The van der Waals surface area contributed by atoms with E-state index in [4.69, 9.17) is 0 Å². The number of carbonyl (C=O) groups is 3. The third-order valence-corrected chi connectivity index (χ3v) is 6.39. The average molecular weight is 410 g/mol. The van der Waals surface area contributed by atoms with Gasteiger partial charge in [0, 0.05) is 30.4 Å². The van der Waals surface area contributed by atoms with Crippen LogP contribution in [-0.2, 0) is 9.59 Å². The molecule has 29 heavy (non-hydrogen) atoms. The second-order valence-electron chi connectivity index (χ2n) is 7.10. The molecule has 0 bridgehead atoms. The van der Waals surface area contributed by atoms with Crippen LogP contribution in [0, 0.1) is 0 Å². The van der Waals surface area contributed by atoms with Gasteiger partial charge in [0.1, 0.15) is 6.04 Å². The SMILES string of the molecule is CC(c1ccccc1)N1C(=O)C2CN(C(=O)CSc3ccncc3)CCN2C1=O. The molecule has 8 heteroatoms. The predicted octanol–water partition coefficient (Wildman–Crippen LogP) is 2.41. The molecule has 0 spiro atoms. The van der Waals surface area contributed by atoms with E-state index in [-0.39, 0.29) is 30.4 Å². The number of carbonyl (C=O) groups excluding carboxylic acids is 3. The number of amides is 4. The number of imide groups is 1. The number of benzene rings is 1. The molecular formula is C21H22N4O3S. The lowest BCUT2D eigenvalue weighted by Crippen LogP contribution is -2.55. The summed E-state index contributed by atoms with van der Waals surface area (Å²) in [4.78, 5) is 48.1. The number of fused-ring (bicyclic) bond motifs is 1. The predicted molar refractivity (Wildman–Crippen MR) is 109 cm³/mol. The first-order valence-electron chi connectivity index (χ1n) is 9.55. The number of pyridine rings is 1. The van der Waals surface area contributed by atoms with Gasteiger partial charge in [0.2, 0.25) is 5.91 Å². The van der Waals surface area contributed by atoms with Crippen LogP contribution in [-0.4, -0.2) is 69.0 Å². The summed E-state index contributed by atoms with van der Waals surface area (Å²) in [7, 11) is 0. The van der Waals surface area contributed by atoms with Gasteiger partial charge in [0.05, 0.1) is 18.3 Å². The Balaban J connectivity index is 1.42. The fraction of sp³-hybridized carbons (Fsp3) is 0.333. The van der Waals surface area contributed by atoms with Gasteiger partial charge >= 0.3 is 6.03 Å². The van der Waals surface area contributed by atoms with E-state index in [0.29, 0.717) is 18.8 Å². The molecule has 0 aliphatic carbocycles. The number of rotatable bonds is 5. The molecular weight excluding hydrogens is 388 g/mol. The number of nitrogens with zero attached hydrogens (tertiary/aromatic N) is 4. The largest absolute Gasteiger partial charge is 0.338 e. The van der Waals surface area contributed by atoms with Crippen molar-refractivity contribution in [3.05, 3.63) is 60.4 Å². The second kappa shape index (κ2) is 8.24. The molecule has 2 unspecified atom stereocenters. The van der Waals surface area contributed by atoms with Crippen LogP contribution in [0.15, 0.2) is 59.8 Å². The lowest BCUT2D eigenvalue weighted by molar-refractivity contribution is -0.135. The molecule has 4 rings (SSSR count). The van der Waals surface area contributed by atoms with Gasteiger partial charge in [-0.15, -0.1) is 11.8 Å². The number of aromatic nitrogens is 1. The second-order valence-corrected chi connectivity index (χ2v) is 8.15. The third-order valence-electron chi connectivity index (χ3n) is 5.39. The van der Waals surface area contributed by atoms with Crippen molar-refractivity contribution in [2.24, 2.45) is 0 Å². The van der Waals surface area contributed by atoms with Crippen LogP contribution in [0.5, 0.6) is 0 Å². The van der Waals surface area contributed by atoms with Crippen LogP contribution in [0.2, 0.25) is 0 Å². The number of urea groups is 1. The lowest BCUT2D eigenvalue weighted by Gasteiger charge is -2.35. The average Bonchev–Trinajstić information content (AvgIpc) is 3.02. The molecule has 2 fully saturated rings. The Hall–Kier alpha value is -2.87. The van der Waals surface area contributed by atoms with Crippen LogP contribution >= 0.6 is 11.8 Å². The van der Waals surface area contributed by atoms with Crippen LogP contribution in [0.25, 0.3) is 0 Å². The maximum absolute atomic E-state index is 13.0. The van der Waals surface area contributed by atoms with Gasteiger partial charge in [-0.1, -0.05) is 30.3 Å². The first-order valence-corrected chi connectivity index (χ1v) is 10.5. The van der Waals surface area contributed by atoms with Gasteiger partial charge in [-0.2, -0.15) is 0 Å². The number of hydrogen-bond acceptors (Lipinski definition) is 5. The molecule has 150 valence electrons. The van der Waals surface area contributed by atoms with Gasteiger partial charge in [-0.3, -0.25) is 19.5 Å². The summed E-state index contributed by atoms with van der Waals surface area (Å²) < 4.78 is 0. The Kier molecular flexibility index (Phi) is 5.53. The molecule has 3 heterocycles. The highest BCUT2D eigenvalue weighted by Gasteiger charge is 2.49. The summed E-state index contributed by atoms with van der Waals surface area (Å²) in [6.45, 7) is 2.92. The molecule has 1 aromatic heterocycles. The highest BCUT2D eigenvalue weighted by atomic mass is 32.2. The van der Waals surface area contributed by atoms with E-state index in [1.165, 1.54) is 16.7 Å². The Bertz CT molecular complexity index is 909. The molecule has 2 aliphatic heterocycles. The summed E-state index contributed by atoms with van der Waals surface area (Å²) in [6, 6.07) is 12.0. The maximum Gasteiger partial charge on any atom is 0.328 e. The summed E-state index contributed by atoms with van der Waals surface area (Å²) >= 11 is 1.44. The molecule has 2 atom stereocenters. The summed E-state index contributed by atoms with van der Waals surface area (Å²) in [5, 5.41) is 0. The Morgan fingerprint density at radius 3 is 2.59 bits per heavy atom. The molecule has 1 aromatic carbocycles. The van der Waals surface area contributed by atoms with Gasteiger partial charge in [-0.05, 0) is 24.6 Å². The van der Waals surface area contributed by atoms with Crippen molar-refractivity contribution in [1.29, 1.82) is 0 Å². The molecule has 0 saturated carbocycles. The Morgan fingerprint density at radius 1 is 1.14 bits per heavy atom. The Labute approximate surface area is 173 Å². The first-order chi connectivity index (χ1) is 14.1. The summed E-state index contributed by atoms with van der Waals surface area (Å²) in [5.74, 6) is 0.0372. The molecule has 2 aromatic rings. The normalized spacial score (nSPS) is 20.0. The minimum absolute atomic E-state index is 0.0266. The molecule has 2 saturated heterocycles. The minimum atomic E-state index is -0.600. The van der Waals surface area contributed by atoms with Gasteiger partial charge in [-0.25, -0.2) is 4.79 Å². The number of piperazine rings is 1. The minimum Gasteiger partial charge on any atom is -0.338 e. The molecule has 2 aliphatic rings. The van der Waals surface area contributed by atoms with E-state index >= 15 is 0 Å². The lowest BCUT2D eigenvalue weighted by atomic mass is 10.1. The third kappa shape index (κ3) is 3.85. The maximum atomic E-state index is 13.0. The smallest absolute Gasteiger partial charge is 0.328 e. The monoisotopic (exact) mass is 410 g/mol. The fourth-order valence-electron chi connectivity index (χ4n) is 3.75. The van der Waals surface area contributed by atoms with Crippen molar-refractivity contribution in [3.8, 4) is 0 Å². The van der Waals surface area contributed by atoms with Gasteiger partial charge in [0.25, 0.3) is 5.91 Å². The van der Waals surface area contributed by atoms with E-state index in [2.05, 4.69) is 4.98 Å². The molecule has 7 nitrogen and oxygen atoms in total. The molecule has 4 amide bonds. The van der Waals surface area contributed by atoms with Crippen LogP contribution in [0.1, 0.15) is 18.5 Å². The van der Waals surface area contributed by atoms with E-state index in [9.17, 15) is 14.4 Å². The van der Waals surface area contributed by atoms with Crippen LogP contribution in [0.3, 0.4) is 0 Å². The summed E-state index contributed by atoms with van der Waals surface area (Å²) in [5.41, 5.74) is 0.913. The van der Waals surface area contributed by atoms with Gasteiger partial charge < -0.3 is 9.80 Å². The van der Waals surface area contributed by atoms with E-state index < -0.39 is 6.04 Å². The number of thioether (sulfide) groups is 1. The first kappa shape index (κ1) is 19.4. The Morgan fingerprint density at radius 2 is 1.86 bits per heavy atom. The van der Waals surface area contributed by atoms with Crippen molar-refractivity contribution >= 4 is 29.6 Å². The standard InChI is InChI=1S/C21H22N4O3S/c1-15(16-5-3-2-4-6-16)25-20(27)18-13-23(11-12-24(18)21(25)28)19(26)14-29-17-7-9-22-10-8-17/h2-10,15,18H,11-14H2,1H3. The molecule has 0 N–H and O–H groups in total. The number of hydrogen-bond donors (Lipinski definition) is 0. The topological polar surface area (TPSA) is 73.8 Å². The summed E-state index contributed by atoms with van der Waals surface area (Å²) in [6.07, 6.45) is 3.38. The fourth-order valence-corrected chi connectivity index (χ4v) is 4.54. The van der Waals surface area contributed by atoms with Crippen molar-refractivity contribution in [1.82, 2.24) is 19.7 Å².